The lowest BCUT2D eigenvalue weighted by molar-refractivity contribution is -0.933. The van der Waals surface area contributed by atoms with E-state index in [1.165, 1.54) is 10.5 Å². The van der Waals surface area contributed by atoms with E-state index in [1.807, 2.05) is 6.07 Å². The summed E-state index contributed by atoms with van der Waals surface area (Å²) in [6.07, 6.45) is 0. The number of nitrogens with one attached hydrogen (secondary N) is 1. The topological polar surface area (TPSA) is 51.1 Å². The predicted octanol–water partition coefficient (Wildman–Crippen LogP) is 1.35. The molecule has 1 fully saturated rings. The Hall–Kier alpha value is -1.89. The monoisotopic (exact) mass is 361 g/mol. The highest BCUT2D eigenvalue weighted by Gasteiger charge is 2.32. The first-order chi connectivity index (χ1) is 12.0. The molecular formula is C19H25N2O3S+. The van der Waals surface area contributed by atoms with Crippen LogP contribution in [0.4, 0.5) is 0 Å². The van der Waals surface area contributed by atoms with Crippen LogP contribution in [0.2, 0.25) is 0 Å². The van der Waals surface area contributed by atoms with E-state index in [9.17, 15) is 8.42 Å². The van der Waals surface area contributed by atoms with Gasteiger partial charge in [-0.2, -0.15) is 4.31 Å². The van der Waals surface area contributed by atoms with Gasteiger partial charge in [0.25, 0.3) is 0 Å². The third-order valence-electron chi connectivity index (χ3n) is 4.97. The second-order valence-electron chi connectivity index (χ2n) is 6.37. The van der Waals surface area contributed by atoms with Crippen molar-refractivity contribution in [2.45, 2.75) is 17.9 Å². The highest BCUT2D eigenvalue weighted by Crippen LogP contribution is 2.19. The number of nitrogens with zero attached hydrogens (tertiary/aromatic N) is 1. The molecule has 1 N–H and O–H groups in total. The van der Waals surface area contributed by atoms with Crippen molar-refractivity contribution in [1.29, 1.82) is 0 Å². The molecule has 2 aromatic rings. The van der Waals surface area contributed by atoms with Crippen molar-refractivity contribution >= 4 is 10.0 Å². The number of piperazine rings is 1. The summed E-state index contributed by atoms with van der Waals surface area (Å²) in [7, 11) is -1.87. The highest BCUT2D eigenvalue weighted by atomic mass is 32.2. The lowest BCUT2D eigenvalue weighted by atomic mass is 10.1. The van der Waals surface area contributed by atoms with Gasteiger partial charge in [0.2, 0.25) is 10.0 Å². The maximum Gasteiger partial charge on any atom is 0.243 e. The van der Waals surface area contributed by atoms with Gasteiger partial charge < -0.3 is 9.64 Å². The number of hydrogen-bond donors (Lipinski definition) is 1. The van der Waals surface area contributed by atoms with E-state index < -0.39 is 10.0 Å². The molecule has 25 heavy (non-hydrogen) atoms. The largest absolute Gasteiger partial charge is 0.497 e. The zero-order valence-electron chi connectivity index (χ0n) is 14.7. The fourth-order valence-electron chi connectivity index (χ4n) is 3.32. The van der Waals surface area contributed by atoms with E-state index in [2.05, 4.69) is 31.2 Å². The molecule has 0 amide bonds. The average Bonchev–Trinajstić information content (AvgIpc) is 2.68. The number of methoxy groups -OCH3 is 1. The molecule has 1 aliphatic heterocycles. The van der Waals surface area contributed by atoms with Crippen molar-refractivity contribution < 1.29 is 18.1 Å². The molecule has 0 spiro atoms. The Morgan fingerprint density at radius 3 is 2.16 bits per heavy atom. The van der Waals surface area contributed by atoms with Crippen LogP contribution >= 0.6 is 0 Å². The predicted molar refractivity (Wildman–Crippen MR) is 97.3 cm³/mol. The number of sulfonamides is 1. The quantitative estimate of drug-likeness (QED) is 0.875. The third kappa shape index (κ3) is 3.86. The molecule has 0 unspecified atom stereocenters. The first-order valence-corrected chi connectivity index (χ1v) is 10.00. The number of hydrogen-bond acceptors (Lipinski definition) is 3. The van der Waals surface area contributed by atoms with E-state index in [4.69, 9.17) is 4.74 Å². The highest BCUT2D eigenvalue weighted by molar-refractivity contribution is 7.89. The maximum atomic E-state index is 12.8. The summed E-state index contributed by atoms with van der Waals surface area (Å²) in [6, 6.07) is 17.4. The maximum absolute atomic E-state index is 12.8. The fourth-order valence-corrected chi connectivity index (χ4v) is 4.76. The normalized spacial score (nSPS) is 18.0. The Kier molecular flexibility index (Phi) is 5.42. The van der Waals surface area contributed by atoms with E-state index in [-0.39, 0.29) is 0 Å². The first kappa shape index (κ1) is 17.9. The lowest BCUT2D eigenvalue weighted by Gasteiger charge is -2.35. The molecule has 6 heteroatoms. The van der Waals surface area contributed by atoms with Gasteiger partial charge in [-0.15, -0.1) is 0 Å². The van der Waals surface area contributed by atoms with E-state index in [1.54, 1.807) is 35.7 Å². The van der Waals surface area contributed by atoms with Crippen LogP contribution < -0.4 is 9.64 Å². The standard InChI is InChI=1S/C19H24N2O3S/c1-16(17-6-4-3-5-7-17)20-12-14-21(15-13-20)25(22,23)19-10-8-18(24-2)9-11-19/h3-11,16H,12-15H2,1-2H3/p+1/t16-/m1/s1. The summed E-state index contributed by atoms with van der Waals surface area (Å²) < 4.78 is 32.3. The second kappa shape index (κ2) is 7.56. The van der Waals surface area contributed by atoms with Crippen LogP contribution in [0.1, 0.15) is 18.5 Å². The van der Waals surface area contributed by atoms with Crippen LogP contribution in [0.25, 0.3) is 0 Å². The van der Waals surface area contributed by atoms with E-state index in [0.717, 1.165) is 13.1 Å². The Labute approximate surface area is 149 Å². The molecule has 1 aliphatic rings. The molecule has 134 valence electrons. The average molecular weight is 361 g/mol. The summed E-state index contributed by atoms with van der Waals surface area (Å²) >= 11 is 0. The molecule has 0 aliphatic carbocycles. The molecule has 0 bridgehead atoms. The van der Waals surface area contributed by atoms with Crippen molar-refractivity contribution in [2.24, 2.45) is 0 Å². The molecule has 0 saturated carbocycles. The smallest absolute Gasteiger partial charge is 0.243 e. The number of benzene rings is 2. The van der Waals surface area contributed by atoms with Crippen LogP contribution in [-0.4, -0.2) is 46.0 Å². The minimum atomic E-state index is -3.44. The minimum absolute atomic E-state index is 0.327. The zero-order valence-corrected chi connectivity index (χ0v) is 15.5. The molecular weight excluding hydrogens is 336 g/mol. The molecule has 0 radical (unpaired) electrons. The van der Waals surface area contributed by atoms with Crippen LogP contribution in [0, 0.1) is 0 Å². The molecule has 2 aromatic carbocycles. The van der Waals surface area contributed by atoms with Gasteiger partial charge in [0.05, 0.1) is 38.2 Å². The molecule has 1 saturated heterocycles. The van der Waals surface area contributed by atoms with Gasteiger partial charge in [-0.1, -0.05) is 30.3 Å². The molecule has 5 nitrogen and oxygen atoms in total. The van der Waals surface area contributed by atoms with Crippen molar-refractivity contribution in [3.05, 3.63) is 60.2 Å². The Morgan fingerprint density at radius 1 is 1.00 bits per heavy atom. The summed E-state index contributed by atoms with van der Waals surface area (Å²) in [6.45, 7) is 4.91. The molecule has 3 rings (SSSR count). The van der Waals surface area contributed by atoms with Crippen LogP contribution in [0.5, 0.6) is 5.75 Å². The number of ether oxygens (including phenoxy) is 1. The van der Waals surface area contributed by atoms with Crippen molar-refractivity contribution in [1.82, 2.24) is 4.31 Å². The summed E-state index contributed by atoms with van der Waals surface area (Å²) in [5.41, 5.74) is 1.30. The Bertz CT molecular complexity index is 783. The van der Waals surface area contributed by atoms with Crippen LogP contribution in [-0.2, 0) is 10.0 Å². The van der Waals surface area contributed by atoms with Gasteiger partial charge in [-0.05, 0) is 31.2 Å². The van der Waals surface area contributed by atoms with Gasteiger partial charge in [0.1, 0.15) is 11.8 Å². The SMILES string of the molecule is COc1ccc(S(=O)(=O)N2CC[NH+]([C@H](C)c3ccccc3)CC2)cc1. The van der Waals surface area contributed by atoms with Gasteiger partial charge in [-0.25, -0.2) is 8.42 Å². The molecule has 1 atom stereocenters. The summed E-state index contributed by atoms with van der Waals surface area (Å²) in [4.78, 5) is 1.75. The van der Waals surface area contributed by atoms with E-state index >= 15 is 0 Å². The molecule has 0 aromatic heterocycles. The Balaban J connectivity index is 1.66. The number of quaternary nitrogens is 1. The molecule has 1 heterocycles. The fraction of sp³-hybridized carbons (Fsp3) is 0.368. The van der Waals surface area contributed by atoms with Crippen molar-refractivity contribution in [3.63, 3.8) is 0 Å². The second-order valence-corrected chi connectivity index (χ2v) is 8.31. The first-order valence-electron chi connectivity index (χ1n) is 8.56. The van der Waals surface area contributed by atoms with Crippen molar-refractivity contribution in [3.8, 4) is 5.75 Å². The lowest BCUT2D eigenvalue weighted by Crippen LogP contribution is -3.14. The van der Waals surface area contributed by atoms with Gasteiger partial charge in [0, 0.05) is 5.56 Å². The van der Waals surface area contributed by atoms with Crippen LogP contribution in [0.3, 0.4) is 0 Å². The van der Waals surface area contributed by atoms with Gasteiger partial charge in [0.15, 0.2) is 0 Å². The van der Waals surface area contributed by atoms with Gasteiger partial charge >= 0.3 is 0 Å². The van der Waals surface area contributed by atoms with Crippen molar-refractivity contribution in [2.75, 3.05) is 33.3 Å². The van der Waals surface area contributed by atoms with E-state index in [0.29, 0.717) is 29.8 Å². The zero-order chi connectivity index (χ0) is 17.9. The minimum Gasteiger partial charge on any atom is -0.497 e. The van der Waals surface area contributed by atoms with Crippen LogP contribution in [0.15, 0.2) is 59.5 Å². The van der Waals surface area contributed by atoms with Gasteiger partial charge in [-0.3, -0.25) is 0 Å². The third-order valence-corrected chi connectivity index (χ3v) is 6.89. The Morgan fingerprint density at radius 2 is 1.60 bits per heavy atom. The summed E-state index contributed by atoms with van der Waals surface area (Å²) in [5, 5.41) is 0. The number of rotatable bonds is 5. The summed E-state index contributed by atoms with van der Waals surface area (Å²) in [5.74, 6) is 0.657.